The minimum Gasteiger partial charge on any atom is -0.396 e. The van der Waals surface area contributed by atoms with Gasteiger partial charge in [0.2, 0.25) is 0 Å². The molecule has 5 atom stereocenters. The molecule has 26 heavy (non-hydrogen) atoms. The maximum Gasteiger partial charge on any atom is 0.0493 e. The lowest BCUT2D eigenvalue weighted by molar-refractivity contribution is 0.114. The van der Waals surface area contributed by atoms with E-state index in [1.807, 2.05) is 0 Å². The van der Waals surface area contributed by atoms with Crippen molar-refractivity contribution in [3.8, 4) is 0 Å². The highest BCUT2D eigenvalue weighted by atomic mass is 16.3. The summed E-state index contributed by atoms with van der Waals surface area (Å²) in [7, 11) is 0. The molecule has 0 aromatic carbocycles. The molecular weight excluding hydrogens is 320 g/mol. The van der Waals surface area contributed by atoms with Gasteiger partial charge in [-0.05, 0) is 102 Å². The smallest absolute Gasteiger partial charge is 0.0493 e. The van der Waals surface area contributed by atoms with Gasteiger partial charge in [-0.15, -0.1) is 0 Å². The molecule has 2 rings (SSSR count). The molecule has 2 nitrogen and oxygen atoms in total. The first-order valence-electron chi connectivity index (χ1n) is 11.0. The monoisotopic (exact) mass is 362 g/mol. The van der Waals surface area contributed by atoms with Crippen LogP contribution in [0.25, 0.3) is 0 Å². The summed E-state index contributed by atoms with van der Waals surface area (Å²) >= 11 is 0. The molecule has 5 unspecified atom stereocenters. The quantitative estimate of drug-likeness (QED) is 0.502. The Morgan fingerprint density at radius 1 is 1.12 bits per heavy atom. The van der Waals surface area contributed by atoms with Crippen molar-refractivity contribution in [2.75, 3.05) is 13.2 Å². The van der Waals surface area contributed by atoms with E-state index in [1.54, 1.807) is 5.57 Å². The summed E-state index contributed by atoms with van der Waals surface area (Å²) in [6.07, 6.45) is 17.2. The van der Waals surface area contributed by atoms with Crippen LogP contribution in [0.3, 0.4) is 0 Å². The molecule has 2 N–H and O–H groups in total. The molecule has 1 fully saturated rings. The summed E-state index contributed by atoms with van der Waals surface area (Å²) in [5.74, 6) is 3.24. The first kappa shape index (κ1) is 21.7. The summed E-state index contributed by atoms with van der Waals surface area (Å²) in [4.78, 5) is 0. The maximum absolute atomic E-state index is 9.72. The molecule has 2 heteroatoms. The first-order chi connectivity index (χ1) is 12.5. The molecule has 0 radical (unpaired) electrons. The molecule has 2 aliphatic rings. The SMILES string of the molecule is CC(C)=CCC1CC(CO)CC(CC(C)CCC2=CC(CO)CCC2)C1. The third-order valence-corrected chi connectivity index (χ3v) is 6.59. The van der Waals surface area contributed by atoms with E-state index in [-0.39, 0.29) is 0 Å². The molecule has 1 saturated carbocycles. The Labute approximate surface area is 161 Å². The van der Waals surface area contributed by atoms with Gasteiger partial charge in [0.25, 0.3) is 0 Å². The van der Waals surface area contributed by atoms with Crippen molar-refractivity contribution < 1.29 is 10.2 Å². The molecule has 0 aromatic rings. The summed E-state index contributed by atoms with van der Waals surface area (Å²) in [6, 6.07) is 0. The Bertz CT molecular complexity index is 461. The van der Waals surface area contributed by atoms with Crippen molar-refractivity contribution in [1.29, 1.82) is 0 Å². The second kappa shape index (κ2) is 11.3. The largest absolute Gasteiger partial charge is 0.396 e. The van der Waals surface area contributed by atoms with Crippen molar-refractivity contribution in [3.05, 3.63) is 23.3 Å². The van der Waals surface area contributed by atoms with E-state index < -0.39 is 0 Å². The zero-order valence-corrected chi connectivity index (χ0v) is 17.4. The fourth-order valence-corrected chi connectivity index (χ4v) is 5.20. The number of aliphatic hydroxyl groups excluding tert-OH is 2. The average Bonchev–Trinajstić information content (AvgIpc) is 2.64. The molecule has 0 heterocycles. The van der Waals surface area contributed by atoms with Crippen LogP contribution in [0.2, 0.25) is 0 Å². The van der Waals surface area contributed by atoms with Gasteiger partial charge in [-0.1, -0.05) is 30.2 Å². The van der Waals surface area contributed by atoms with Crippen molar-refractivity contribution in [2.24, 2.45) is 29.6 Å². The van der Waals surface area contributed by atoms with Gasteiger partial charge >= 0.3 is 0 Å². The van der Waals surface area contributed by atoms with E-state index in [2.05, 4.69) is 32.9 Å². The molecule has 0 aromatic heterocycles. The summed E-state index contributed by atoms with van der Waals surface area (Å²) in [5.41, 5.74) is 3.00. The normalized spacial score (nSPS) is 30.6. The van der Waals surface area contributed by atoms with Gasteiger partial charge < -0.3 is 10.2 Å². The lowest BCUT2D eigenvalue weighted by Crippen LogP contribution is -2.26. The Morgan fingerprint density at radius 3 is 2.54 bits per heavy atom. The van der Waals surface area contributed by atoms with Gasteiger partial charge in [-0.25, -0.2) is 0 Å². The van der Waals surface area contributed by atoms with Gasteiger partial charge in [0.15, 0.2) is 0 Å². The lowest BCUT2D eigenvalue weighted by Gasteiger charge is -2.35. The minimum atomic E-state index is 0.316. The Morgan fingerprint density at radius 2 is 1.85 bits per heavy atom. The number of allylic oxidation sites excluding steroid dienone is 3. The van der Waals surface area contributed by atoms with Gasteiger partial charge in [0, 0.05) is 19.1 Å². The molecule has 0 aliphatic heterocycles. The van der Waals surface area contributed by atoms with E-state index in [0.717, 1.165) is 24.2 Å². The van der Waals surface area contributed by atoms with Crippen LogP contribution in [-0.4, -0.2) is 23.4 Å². The highest BCUT2D eigenvalue weighted by Gasteiger charge is 2.28. The molecule has 0 amide bonds. The van der Waals surface area contributed by atoms with Gasteiger partial charge in [0.05, 0.1) is 0 Å². The predicted octanol–water partition coefficient (Wildman–Crippen LogP) is 5.89. The molecule has 0 spiro atoms. The third kappa shape index (κ3) is 7.56. The zero-order chi connectivity index (χ0) is 18.9. The van der Waals surface area contributed by atoms with Crippen LogP contribution in [0.5, 0.6) is 0 Å². The van der Waals surface area contributed by atoms with Gasteiger partial charge in [-0.3, -0.25) is 0 Å². The lowest BCUT2D eigenvalue weighted by atomic mass is 9.71. The van der Waals surface area contributed by atoms with Crippen molar-refractivity contribution in [2.45, 2.75) is 85.0 Å². The standard InChI is InChI=1S/C24H42O2/c1-18(2)7-9-21-13-23(15-24(14-21)17-26)11-19(3)8-10-20-5-4-6-22(12-20)16-25/h7,12,19,21-26H,4-6,8-11,13-17H2,1-3H3. The van der Waals surface area contributed by atoms with Crippen LogP contribution in [0.4, 0.5) is 0 Å². The van der Waals surface area contributed by atoms with Gasteiger partial charge in [-0.2, -0.15) is 0 Å². The molecule has 2 aliphatic carbocycles. The second-order valence-electron chi connectivity index (χ2n) is 9.54. The maximum atomic E-state index is 9.72. The van der Waals surface area contributed by atoms with E-state index in [9.17, 15) is 10.2 Å². The zero-order valence-electron chi connectivity index (χ0n) is 17.4. The van der Waals surface area contributed by atoms with Crippen molar-refractivity contribution in [1.82, 2.24) is 0 Å². The van der Waals surface area contributed by atoms with Crippen molar-refractivity contribution in [3.63, 3.8) is 0 Å². The molecule has 150 valence electrons. The highest BCUT2D eigenvalue weighted by Crippen LogP contribution is 2.39. The van der Waals surface area contributed by atoms with E-state index >= 15 is 0 Å². The summed E-state index contributed by atoms with van der Waals surface area (Å²) < 4.78 is 0. The first-order valence-corrected chi connectivity index (χ1v) is 11.0. The van der Waals surface area contributed by atoms with Crippen LogP contribution in [0.15, 0.2) is 23.3 Å². The van der Waals surface area contributed by atoms with Crippen LogP contribution >= 0.6 is 0 Å². The van der Waals surface area contributed by atoms with Gasteiger partial charge in [0.1, 0.15) is 0 Å². The van der Waals surface area contributed by atoms with Crippen LogP contribution in [-0.2, 0) is 0 Å². The number of rotatable bonds is 9. The Hall–Kier alpha value is -0.600. The van der Waals surface area contributed by atoms with E-state index in [4.69, 9.17) is 0 Å². The number of hydrogen-bond acceptors (Lipinski definition) is 2. The van der Waals surface area contributed by atoms with Crippen LogP contribution < -0.4 is 0 Å². The summed E-state index contributed by atoms with van der Waals surface area (Å²) in [6.45, 7) is 7.48. The highest BCUT2D eigenvalue weighted by molar-refractivity contribution is 5.08. The fourth-order valence-electron chi connectivity index (χ4n) is 5.20. The molecule has 0 saturated heterocycles. The number of aliphatic hydroxyl groups is 2. The average molecular weight is 363 g/mol. The second-order valence-corrected chi connectivity index (χ2v) is 9.54. The van der Waals surface area contributed by atoms with Crippen LogP contribution in [0.1, 0.15) is 85.0 Å². The number of hydrogen-bond donors (Lipinski definition) is 2. The molecule has 0 bridgehead atoms. The topological polar surface area (TPSA) is 40.5 Å². The molecular formula is C24H42O2. The summed E-state index contributed by atoms with van der Waals surface area (Å²) in [5, 5.41) is 19.1. The van der Waals surface area contributed by atoms with E-state index in [0.29, 0.717) is 25.0 Å². The minimum absolute atomic E-state index is 0.316. The van der Waals surface area contributed by atoms with E-state index in [1.165, 1.54) is 63.4 Å². The predicted molar refractivity (Wildman–Crippen MR) is 111 cm³/mol. The fraction of sp³-hybridized carbons (Fsp3) is 0.833. The van der Waals surface area contributed by atoms with Crippen LogP contribution in [0, 0.1) is 29.6 Å². The van der Waals surface area contributed by atoms with Crippen molar-refractivity contribution >= 4 is 0 Å². The third-order valence-electron chi connectivity index (χ3n) is 6.59. The Balaban J connectivity index is 1.79. The Kier molecular flexibility index (Phi) is 9.42.